The third-order valence-electron chi connectivity index (χ3n) is 5.11. The highest BCUT2D eigenvalue weighted by Crippen LogP contribution is 2.27. The molecule has 2 N–H and O–H groups in total. The van der Waals surface area contributed by atoms with E-state index in [4.69, 9.17) is 0 Å². The number of carbonyl (C=O) groups excluding carboxylic acids is 2. The number of hydrogen-bond acceptors (Lipinski definition) is 3. The van der Waals surface area contributed by atoms with Crippen molar-refractivity contribution in [1.82, 2.24) is 10.2 Å². The zero-order chi connectivity index (χ0) is 19.2. The number of nitrogens with one attached hydrogen (secondary N) is 1. The number of piperidine rings is 1. The molecule has 6 nitrogen and oxygen atoms in total. The standard InChI is InChI=1S/C20H28N2O4/c1-3-9-17(23)22-13-8-10-15(14-22)18(24)21-20(4-2,19(25)26)16-11-6-5-7-12-16/h5-7,11-12,15H,3-4,8-10,13-14H2,1-2H3,(H,21,24)(H,25,26). The van der Waals surface area contributed by atoms with Crippen molar-refractivity contribution in [3.8, 4) is 0 Å². The Labute approximate surface area is 154 Å². The molecule has 1 aromatic carbocycles. The van der Waals surface area contributed by atoms with Gasteiger partial charge in [0.25, 0.3) is 0 Å². The third kappa shape index (κ3) is 4.23. The van der Waals surface area contributed by atoms with Crippen molar-refractivity contribution in [1.29, 1.82) is 0 Å². The van der Waals surface area contributed by atoms with Gasteiger partial charge in [-0.1, -0.05) is 44.2 Å². The van der Waals surface area contributed by atoms with Crippen molar-refractivity contribution < 1.29 is 19.5 Å². The summed E-state index contributed by atoms with van der Waals surface area (Å²) in [6.45, 7) is 4.73. The van der Waals surface area contributed by atoms with E-state index >= 15 is 0 Å². The average molecular weight is 360 g/mol. The molecule has 0 spiro atoms. The molecule has 1 aromatic rings. The molecule has 1 heterocycles. The second-order valence-corrected chi connectivity index (χ2v) is 6.85. The van der Waals surface area contributed by atoms with Crippen LogP contribution >= 0.6 is 0 Å². The van der Waals surface area contributed by atoms with E-state index in [2.05, 4.69) is 5.32 Å². The molecule has 2 unspecified atom stereocenters. The van der Waals surface area contributed by atoms with Crippen LogP contribution in [0.4, 0.5) is 0 Å². The number of benzene rings is 1. The van der Waals surface area contributed by atoms with Gasteiger partial charge in [0.15, 0.2) is 5.54 Å². The van der Waals surface area contributed by atoms with Crippen LogP contribution in [0, 0.1) is 5.92 Å². The minimum Gasteiger partial charge on any atom is -0.479 e. The fourth-order valence-electron chi connectivity index (χ4n) is 3.52. The smallest absolute Gasteiger partial charge is 0.334 e. The molecule has 2 rings (SSSR count). The van der Waals surface area contributed by atoms with Crippen LogP contribution in [-0.4, -0.2) is 40.9 Å². The van der Waals surface area contributed by atoms with Gasteiger partial charge in [0.2, 0.25) is 11.8 Å². The maximum Gasteiger partial charge on any atom is 0.334 e. The zero-order valence-corrected chi connectivity index (χ0v) is 15.5. The molecule has 1 aliphatic heterocycles. The summed E-state index contributed by atoms with van der Waals surface area (Å²) in [6, 6.07) is 8.78. The molecule has 2 amide bonds. The number of carboxylic acid groups (broad SMARTS) is 1. The van der Waals surface area contributed by atoms with Crippen LogP contribution in [0.5, 0.6) is 0 Å². The first-order valence-corrected chi connectivity index (χ1v) is 9.33. The molecule has 0 bridgehead atoms. The number of amides is 2. The molecule has 0 saturated carbocycles. The molecular formula is C20H28N2O4. The van der Waals surface area contributed by atoms with Gasteiger partial charge in [-0.15, -0.1) is 0 Å². The summed E-state index contributed by atoms with van der Waals surface area (Å²) >= 11 is 0. The third-order valence-corrected chi connectivity index (χ3v) is 5.11. The summed E-state index contributed by atoms with van der Waals surface area (Å²) in [5, 5.41) is 12.6. The van der Waals surface area contributed by atoms with Gasteiger partial charge < -0.3 is 15.3 Å². The van der Waals surface area contributed by atoms with Crippen LogP contribution < -0.4 is 5.32 Å². The summed E-state index contributed by atoms with van der Waals surface area (Å²) in [7, 11) is 0. The Kier molecular flexibility index (Phi) is 6.77. The largest absolute Gasteiger partial charge is 0.479 e. The van der Waals surface area contributed by atoms with E-state index in [1.54, 1.807) is 36.1 Å². The first-order chi connectivity index (χ1) is 12.4. The van der Waals surface area contributed by atoms with Gasteiger partial charge in [-0.05, 0) is 31.2 Å². The molecule has 142 valence electrons. The quantitative estimate of drug-likeness (QED) is 0.782. The van der Waals surface area contributed by atoms with Gasteiger partial charge in [0, 0.05) is 19.5 Å². The van der Waals surface area contributed by atoms with E-state index < -0.39 is 11.5 Å². The van der Waals surface area contributed by atoms with Gasteiger partial charge in [-0.3, -0.25) is 9.59 Å². The Balaban J connectivity index is 2.17. The number of carboxylic acids is 1. The van der Waals surface area contributed by atoms with Gasteiger partial charge in [0.05, 0.1) is 5.92 Å². The Hall–Kier alpha value is -2.37. The molecular weight excluding hydrogens is 332 g/mol. The molecule has 1 fully saturated rings. The Morgan fingerprint density at radius 3 is 2.50 bits per heavy atom. The van der Waals surface area contributed by atoms with Gasteiger partial charge >= 0.3 is 5.97 Å². The van der Waals surface area contributed by atoms with Crippen LogP contribution in [0.2, 0.25) is 0 Å². The van der Waals surface area contributed by atoms with E-state index in [9.17, 15) is 19.5 Å². The van der Waals surface area contributed by atoms with E-state index in [1.807, 2.05) is 13.0 Å². The molecule has 6 heteroatoms. The number of rotatable bonds is 7. The lowest BCUT2D eigenvalue weighted by atomic mass is 9.85. The highest BCUT2D eigenvalue weighted by Gasteiger charge is 2.42. The van der Waals surface area contributed by atoms with E-state index in [1.165, 1.54) is 0 Å². The molecule has 0 aromatic heterocycles. The van der Waals surface area contributed by atoms with Crippen LogP contribution in [0.25, 0.3) is 0 Å². The van der Waals surface area contributed by atoms with Crippen molar-refractivity contribution in [2.24, 2.45) is 5.92 Å². The normalized spacial score (nSPS) is 19.5. The number of nitrogens with zero attached hydrogens (tertiary/aromatic N) is 1. The van der Waals surface area contributed by atoms with Crippen molar-refractivity contribution >= 4 is 17.8 Å². The highest BCUT2D eigenvalue weighted by molar-refractivity contribution is 5.89. The number of hydrogen-bond donors (Lipinski definition) is 2. The Morgan fingerprint density at radius 1 is 1.23 bits per heavy atom. The first-order valence-electron chi connectivity index (χ1n) is 9.33. The van der Waals surface area contributed by atoms with E-state index in [0.717, 1.165) is 12.8 Å². The van der Waals surface area contributed by atoms with Gasteiger partial charge in [0.1, 0.15) is 0 Å². The summed E-state index contributed by atoms with van der Waals surface area (Å²) < 4.78 is 0. The SMILES string of the molecule is CCCC(=O)N1CCCC(C(=O)NC(CC)(C(=O)O)c2ccccc2)C1. The van der Waals surface area contributed by atoms with Gasteiger partial charge in [-0.25, -0.2) is 4.79 Å². The van der Waals surface area contributed by atoms with Crippen LogP contribution in [0.1, 0.15) is 51.5 Å². The van der Waals surface area contributed by atoms with Crippen molar-refractivity contribution in [3.05, 3.63) is 35.9 Å². The van der Waals surface area contributed by atoms with E-state index in [0.29, 0.717) is 31.5 Å². The molecule has 26 heavy (non-hydrogen) atoms. The second kappa shape index (κ2) is 8.83. The van der Waals surface area contributed by atoms with Gasteiger partial charge in [-0.2, -0.15) is 0 Å². The lowest BCUT2D eigenvalue weighted by Crippen LogP contribution is -2.55. The topological polar surface area (TPSA) is 86.7 Å². The minimum atomic E-state index is -1.45. The lowest BCUT2D eigenvalue weighted by molar-refractivity contribution is -0.150. The minimum absolute atomic E-state index is 0.0630. The maximum absolute atomic E-state index is 12.9. The first kappa shape index (κ1) is 19.9. The van der Waals surface area contributed by atoms with Crippen molar-refractivity contribution in [2.75, 3.05) is 13.1 Å². The molecule has 1 aliphatic rings. The van der Waals surface area contributed by atoms with Crippen molar-refractivity contribution in [3.63, 3.8) is 0 Å². The lowest BCUT2D eigenvalue weighted by Gasteiger charge is -2.35. The molecule has 2 atom stereocenters. The fourth-order valence-corrected chi connectivity index (χ4v) is 3.52. The maximum atomic E-state index is 12.9. The van der Waals surface area contributed by atoms with Crippen LogP contribution in [-0.2, 0) is 19.9 Å². The number of likely N-dealkylation sites (tertiary alicyclic amines) is 1. The average Bonchev–Trinajstić information content (AvgIpc) is 2.66. The predicted octanol–water partition coefficient (Wildman–Crippen LogP) is 2.53. The number of carbonyl (C=O) groups is 3. The van der Waals surface area contributed by atoms with Crippen LogP contribution in [0.15, 0.2) is 30.3 Å². The summed E-state index contributed by atoms with van der Waals surface area (Å²) in [6.07, 6.45) is 2.91. The summed E-state index contributed by atoms with van der Waals surface area (Å²) in [5.74, 6) is -1.69. The second-order valence-electron chi connectivity index (χ2n) is 6.85. The zero-order valence-electron chi connectivity index (χ0n) is 15.5. The fraction of sp³-hybridized carbons (Fsp3) is 0.550. The Bertz CT molecular complexity index is 646. The molecule has 0 aliphatic carbocycles. The van der Waals surface area contributed by atoms with Crippen LogP contribution in [0.3, 0.4) is 0 Å². The molecule has 0 radical (unpaired) electrons. The summed E-state index contributed by atoms with van der Waals surface area (Å²) in [5.41, 5.74) is -0.897. The van der Waals surface area contributed by atoms with Crippen molar-refractivity contribution in [2.45, 2.75) is 51.5 Å². The number of aliphatic carboxylic acids is 1. The summed E-state index contributed by atoms with van der Waals surface area (Å²) in [4.78, 5) is 38.8. The monoisotopic (exact) mass is 360 g/mol. The highest BCUT2D eigenvalue weighted by atomic mass is 16.4. The molecule has 1 saturated heterocycles. The predicted molar refractivity (Wildman–Crippen MR) is 98.4 cm³/mol. The van der Waals surface area contributed by atoms with E-state index in [-0.39, 0.29) is 24.2 Å². The Morgan fingerprint density at radius 2 is 1.92 bits per heavy atom.